The SMILES string of the molecule is CCOC(=O)COc1cc(C)cc2oc(=O)c(Cc3ccc(C#N)cc3)c(C)c12. The Bertz CT molecular complexity index is 1150. The molecule has 6 nitrogen and oxygen atoms in total. The number of benzene rings is 2. The van der Waals surface area contributed by atoms with E-state index in [0.29, 0.717) is 34.3 Å². The molecular weight excluding hydrogens is 370 g/mol. The van der Waals surface area contributed by atoms with E-state index < -0.39 is 11.6 Å². The van der Waals surface area contributed by atoms with Crippen LogP contribution in [0.15, 0.2) is 45.6 Å². The highest BCUT2D eigenvalue weighted by molar-refractivity contribution is 5.88. The first-order chi connectivity index (χ1) is 13.9. The second kappa shape index (κ2) is 8.61. The van der Waals surface area contributed by atoms with E-state index in [9.17, 15) is 9.59 Å². The van der Waals surface area contributed by atoms with Gasteiger partial charge in [0.2, 0.25) is 0 Å². The van der Waals surface area contributed by atoms with Crippen molar-refractivity contribution in [1.29, 1.82) is 5.26 Å². The Morgan fingerprint density at radius 3 is 2.55 bits per heavy atom. The summed E-state index contributed by atoms with van der Waals surface area (Å²) >= 11 is 0. The quantitative estimate of drug-likeness (QED) is 0.469. The summed E-state index contributed by atoms with van der Waals surface area (Å²) in [5.74, 6) is 0.00498. The molecule has 1 aromatic heterocycles. The van der Waals surface area contributed by atoms with Crippen LogP contribution in [0.5, 0.6) is 5.75 Å². The van der Waals surface area contributed by atoms with Crippen molar-refractivity contribution >= 4 is 16.9 Å². The molecule has 0 amide bonds. The molecular formula is C23H21NO5. The summed E-state index contributed by atoms with van der Waals surface area (Å²) in [7, 11) is 0. The number of carbonyl (C=O) groups excluding carboxylic acids is 1. The summed E-state index contributed by atoms with van der Waals surface area (Å²) in [6.45, 7) is 5.48. The zero-order valence-electron chi connectivity index (χ0n) is 16.6. The number of nitriles is 1. The van der Waals surface area contributed by atoms with Crippen LogP contribution in [-0.4, -0.2) is 19.2 Å². The van der Waals surface area contributed by atoms with Crippen LogP contribution in [0.2, 0.25) is 0 Å². The maximum absolute atomic E-state index is 12.6. The van der Waals surface area contributed by atoms with Crippen LogP contribution in [-0.2, 0) is 16.0 Å². The number of hydrogen-bond acceptors (Lipinski definition) is 6. The van der Waals surface area contributed by atoms with Crippen molar-refractivity contribution in [3.8, 4) is 11.8 Å². The van der Waals surface area contributed by atoms with Crippen molar-refractivity contribution in [3.05, 3.63) is 74.6 Å². The van der Waals surface area contributed by atoms with Crippen LogP contribution in [0, 0.1) is 25.2 Å². The molecule has 29 heavy (non-hydrogen) atoms. The Hall–Kier alpha value is -3.59. The van der Waals surface area contributed by atoms with Gasteiger partial charge >= 0.3 is 11.6 Å². The van der Waals surface area contributed by atoms with Gasteiger partial charge < -0.3 is 13.9 Å². The molecule has 0 saturated heterocycles. The molecule has 0 atom stereocenters. The standard InChI is InChI=1S/C23H21NO5/c1-4-27-21(25)13-28-19-9-14(2)10-20-22(19)15(3)18(23(26)29-20)11-16-5-7-17(12-24)8-6-16/h5-10H,4,11,13H2,1-3H3. The van der Waals surface area contributed by atoms with Gasteiger partial charge in [0.15, 0.2) is 6.61 Å². The first-order valence-electron chi connectivity index (χ1n) is 9.27. The van der Waals surface area contributed by atoms with Crippen LogP contribution >= 0.6 is 0 Å². The fourth-order valence-corrected chi connectivity index (χ4v) is 3.20. The predicted molar refractivity (Wildman–Crippen MR) is 108 cm³/mol. The van der Waals surface area contributed by atoms with E-state index in [0.717, 1.165) is 16.7 Å². The summed E-state index contributed by atoms with van der Waals surface area (Å²) in [6, 6.07) is 12.7. The van der Waals surface area contributed by atoms with Gasteiger partial charge in [-0.15, -0.1) is 0 Å². The van der Waals surface area contributed by atoms with Crippen molar-refractivity contribution in [2.24, 2.45) is 0 Å². The predicted octanol–water partition coefficient (Wildman–Crippen LogP) is 3.81. The molecule has 0 aliphatic rings. The van der Waals surface area contributed by atoms with Crippen LogP contribution in [0.4, 0.5) is 0 Å². The molecule has 6 heteroatoms. The summed E-state index contributed by atoms with van der Waals surface area (Å²) in [4.78, 5) is 24.3. The zero-order chi connectivity index (χ0) is 21.0. The Labute approximate surface area is 168 Å². The molecule has 2 aromatic carbocycles. The van der Waals surface area contributed by atoms with Crippen LogP contribution in [0.25, 0.3) is 11.0 Å². The summed E-state index contributed by atoms with van der Waals surface area (Å²) < 4.78 is 16.2. The van der Waals surface area contributed by atoms with Gasteiger partial charge in [0.25, 0.3) is 0 Å². The van der Waals surface area contributed by atoms with Gasteiger partial charge in [-0.1, -0.05) is 12.1 Å². The zero-order valence-corrected chi connectivity index (χ0v) is 16.6. The molecule has 0 radical (unpaired) electrons. The van der Waals surface area contributed by atoms with Gasteiger partial charge in [0.05, 0.1) is 23.6 Å². The van der Waals surface area contributed by atoms with Gasteiger partial charge in [-0.05, 0) is 61.7 Å². The third-order valence-corrected chi connectivity index (χ3v) is 4.60. The van der Waals surface area contributed by atoms with Crippen LogP contribution in [0.3, 0.4) is 0 Å². The number of ether oxygens (including phenoxy) is 2. The van der Waals surface area contributed by atoms with E-state index in [1.54, 1.807) is 31.2 Å². The maximum Gasteiger partial charge on any atom is 0.344 e. The molecule has 148 valence electrons. The molecule has 3 aromatic rings. The largest absolute Gasteiger partial charge is 0.481 e. The van der Waals surface area contributed by atoms with Gasteiger partial charge in [-0.3, -0.25) is 0 Å². The van der Waals surface area contributed by atoms with E-state index in [2.05, 4.69) is 6.07 Å². The summed E-state index contributed by atoms with van der Waals surface area (Å²) in [6.07, 6.45) is 0.362. The lowest BCUT2D eigenvalue weighted by Gasteiger charge is -2.14. The Balaban J connectivity index is 2.04. The van der Waals surface area contributed by atoms with E-state index in [-0.39, 0.29) is 13.2 Å². The number of esters is 1. The van der Waals surface area contributed by atoms with Crippen molar-refractivity contribution in [2.45, 2.75) is 27.2 Å². The minimum Gasteiger partial charge on any atom is -0.481 e. The lowest BCUT2D eigenvalue weighted by molar-refractivity contribution is -0.145. The minimum absolute atomic E-state index is 0.226. The minimum atomic E-state index is -0.463. The number of rotatable bonds is 6. The maximum atomic E-state index is 12.6. The molecule has 0 unspecified atom stereocenters. The first-order valence-corrected chi connectivity index (χ1v) is 9.27. The monoisotopic (exact) mass is 391 g/mol. The highest BCUT2D eigenvalue weighted by atomic mass is 16.6. The lowest BCUT2D eigenvalue weighted by atomic mass is 9.98. The number of carbonyl (C=O) groups is 1. The van der Waals surface area contributed by atoms with Crippen LogP contribution < -0.4 is 10.4 Å². The molecule has 3 rings (SSSR count). The molecule has 0 fully saturated rings. The Morgan fingerprint density at radius 1 is 1.17 bits per heavy atom. The van der Waals surface area contributed by atoms with Gasteiger partial charge in [-0.25, -0.2) is 9.59 Å². The first kappa shape index (κ1) is 20.2. The van der Waals surface area contributed by atoms with Gasteiger partial charge in [-0.2, -0.15) is 5.26 Å². The topological polar surface area (TPSA) is 89.5 Å². The summed E-state index contributed by atoms with van der Waals surface area (Å²) in [5.41, 5.74) is 3.53. The molecule has 0 saturated carbocycles. The number of fused-ring (bicyclic) bond motifs is 1. The van der Waals surface area contributed by atoms with E-state index in [1.807, 2.05) is 26.0 Å². The lowest BCUT2D eigenvalue weighted by Crippen LogP contribution is -2.16. The third kappa shape index (κ3) is 4.46. The van der Waals surface area contributed by atoms with Crippen molar-refractivity contribution < 1.29 is 18.7 Å². The van der Waals surface area contributed by atoms with Gasteiger partial charge in [0.1, 0.15) is 11.3 Å². The Morgan fingerprint density at radius 2 is 1.90 bits per heavy atom. The number of hydrogen-bond donors (Lipinski definition) is 0. The normalized spacial score (nSPS) is 10.6. The molecule has 0 bridgehead atoms. The van der Waals surface area contributed by atoms with Crippen molar-refractivity contribution in [1.82, 2.24) is 0 Å². The fourth-order valence-electron chi connectivity index (χ4n) is 3.20. The molecule has 0 aliphatic heterocycles. The second-order valence-corrected chi connectivity index (χ2v) is 6.71. The highest BCUT2D eigenvalue weighted by Gasteiger charge is 2.17. The smallest absolute Gasteiger partial charge is 0.344 e. The average molecular weight is 391 g/mol. The number of aryl methyl sites for hydroxylation is 2. The van der Waals surface area contributed by atoms with Crippen molar-refractivity contribution in [2.75, 3.05) is 13.2 Å². The second-order valence-electron chi connectivity index (χ2n) is 6.71. The highest BCUT2D eigenvalue weighted by Crippen LogP contribution is 2.31. The number of nitrogens with zero attached hydrogens (tertiary/aromatic N) is 1. The molecule has 0 spiro atoms. The van der Waals surface area contributed by atoms with E-state index in [1.165, 1.54) is 0 Å². The van der Waals surface area contributed by atoms with Crippen LogP contribution in [0.1, 0.15) is 34.7 Å². The average Bonchev–Trinajstić information content (AvgIpc) is 2.69. The Kier molecular flexibility index (Phi) is 5.99. The van der Waals surface area contributed by atoms with E-state index >= 15 is 0 Å². The molecule has 0 aliphatic carbocycles. The van der Waals surface area contributed by atoms with Gasteiger partial charge in [0, 0.05) is 12.0 Å². The molecule has 0 N–H and O–H groups in total. The fraction of sp³-hybridized carbons (Fsp3) is 0.261. The third-order valence-electron chi connectivity index (χ3n) is 4.60. The summed E-state index contributed by atoms with van der Waals surface area (Å²) in [5, 5.41) is 9.59. The van der Waals surface area contributed by atoms with E-state index in [4.69, 9.17) is 19.2 Å². The molecule has 1 heterocycles. The van der Waals surface area contributed by atoms with Crippen molar-refractivity contribution in [3.63, 3.8) is 0 Å².